The van der Waals surface area contributed by atoms with Gasteiger partial charge in [0.15, 0.2) is 11.4 Å². The van der Waals surface area contributed by atoms with Gasteiger partial charge in [0.1, 0.15) is 5.52 Å². The number of pyridine rings is 1. The maximum Gasteiger partial charge on any atom is 0.240 e. The van der Waals surface area contributed by atoms with Gasteiger partial charge in [0.05, 0.1) is 11.4 Å². The Morgan fingerprint density at radius 3 is 2.53 bits per heavy atom. The van der Waals surface area contributed by atoms with Crippen molar-refractivity contribution < 1.29 is 9.42 Å². The monoisotopic (exact) mass is 400 g/mol. The molecule has 0 aliphatic carbocycles. The van der Waals surface area contributed by atoms with Crippen molar-refractivity contribution in [1.29, 1.82) is 0 Å². The van der Waals surface area contributed by atoms with Gasteiger partial charge < -0.3 is 0 Å². The molecule has 2 aromatic carbocycles. The van der Waals surface area contributed by atoms with Crippen LogP contribution in [0.1, 0.15) is 19.4 Å². The Morgan fingerprint density at radius 2 is 1.80 bits per heavy atom. The van der Waals surface area contributed by atoms with E-state index in [2.05, 4.69) is 31.1 Å². The largest absolute Gasteiger partial charge is 0.281 e. The summed E-state index contributed by atoms with van der Waals surface area (Å²) >= 11 is 0. The molecule has 30 heavy (non-hydrogen) atoms. The van der Waals surface area contributed by atoms with Crippen LogP contribution in [0.4, 0.5) is 5.69 Å². The predicted octanol–water partition coefficient (Wildman–Crippen LogP) is 3.64. The molecule has 150 valence electrons. The van der Waals surface area contributed by atoms with E-state index < -0.39 is 0 Å². The second-order valence-corrected chi connectivity index (χ2v) is 6.94. The van der Waals surface area contributed by atoms with Gasteiger partial charge >= 0.3 is 0 Å². The number of hydrogen-bond donors (Lipinski definition) is 2. The lowest BCUT2D eigenvalue weighted by atomic mass is 10.1. The van der Waals surface area contributed by atoms with Crippen LogP contribution in [0.25, 0.3) is 22.3 Å². The van der Waals surface area contributed by atoms with Crippen LogP contribution in [0, 0.1) is 5.92 Å². The molecule has 0 saturated heterocycles. The number of hydrazine groups is 1. The highest BCUT2D eigenvalue weighted by molar-refractivity contribution is 6.03. The van der Waals surface area contributed by atoms with E-state index in [4.69, 9.17) is 4.63 Å². The number of amides is 1. The number of aliphatic imine (C=N–C) groups is 1. The maximum absolute atomic E-state index is 12.1. The molecule has 0 unspecified atom stereocenters. The maximum atomic E-state index is 12.1. The molecule has 2 N–H and O–H groups in total. The van der Waals surface area contributed by atoms with E-state index in [1.807, 2.05) is 62.4 Å². The number of rotatable bonds is 4. The number of nitrogens with one attached hydrogen (secondary N) is 2. The number of benzene rings is 2. The average Bonchev–Trinajstić information content (AvgIpc) is 3.27. The van der Waals surface area contributed by atoms with E-state index in [1.54, 1.807) is 18.3 Å². The second kappa shape index (κ2) is 8.52. The number of hydrogen-bond acceptors (Lipinski definition) is 6. The fourth-order valence-corrected chi connectivity index (χ4v) is 2.75. The van der Waals surface area contributed by atoms with E-state index in [9.17, 15) is 4.79 Å². The molecule has 0 atom stereocenters. The summed E-state index contributed by atoms with van der Waals surface area (Å²) < 4.78 is 4.82. The van der Waals surface area contributed by atoms with Crippen molar-refractivity contribution in [3.63, 3.8) is 0 Å². The molecule has 2 aromatic heterocycles. The highest BCUT2D eigenvalue weighted by Crippen LogP contribution is 2.24. The fraction of sp³-hybridized carbons (Fsp3) is 0.136. The number of carbonyl (C=O) groups is 1. The van der Waals surface area contributed by atoms with Gasteiger partial charge in [0.25, 0.3) is 0 Å². The summed E-state index contributed by atoms with van der Waals surface area (Å²) in [5.41, 5.74) is 9.84. The van der Waals surface area contributed by atoms with Crippen molar-refractivity contribution in [2.24, 2.45) is 10.9 Å². The van der Waals surface area contributed by atoms with Gasteiger partial charge in [-0.1, -0.05) is 50.2 Å². The summed E-state index contributed by atoms with van der Waals surface area (Å²) in [4.78, 5) is 21.3. The molecule has 2 heterocycles. The third kappa shape index (κ3) is 4.17. The first-order valence-electron chi connectivity index (χ1n) is 9.49. The molecule has 4 rings (SSSR count). The molecule has 0 aliphatic heterocycles. The Morgan fingerprint density at radius 1 is 0.967 bits per heavy atom. The molecule has 0 bridgehead atoms. The van der Waals surface area contributed by atoms with Crippen LogP contribution in [-0.2, 0) is 4.79 Å². The standard InChI is InChI=1S/C22H20N6O2/c1-14(2)22(29)26-25-21(24-18-9-6-10-19-20(18)28-30-27-19)16-11-12-17(23-13-16)15-7-4-3-5-8-15/h3-14H,1-2H3,(H,24,25)(H,26,29). The highest BCUT2D eigenvalue weighted by Gasteiger charge is 2.12. The van der Waals surface area contributed by atoms with Gasteiger partial charge in [-0.25, -0.2) is 9.62 Å². The van der Waals surface area contributed by atoms with Crippen LogP contribution in [0.15, 0.2) is 76.5 Å². The summed E-state index contributed by atoms with van der Waals surface area (Å²) in [7, 11) is 0. The molecule has 0 aliphatic rings. The van der Waals surface area contributed by atoms with Gasteiger partial charge in [-0.15, -0.1) is 0 Å². The Labute approximate surface area is 173 Å². The van der Waals surface area contributed by atoms with Crippen LogP contribution in [0.5, 0.6) is 0 Å². The fourth-order valence-electron chi connectivity index (χ4n) is 2.75. The molecular formula is C22H20N6O2. The minimum atomic E-state index is -0.180. The second-order valence-electron chi connectivity index (χ2n) is 6.94. The number of aromatic nitrogens is 3. The summed E-state index contributed by atoms with van der Waals surface area (Å²) in [6, 6.07) is 19.1. The van der Waals surface area contributed by atoms with Crippen LogP contribution in [-0.4, -0.2) is 27.0 Å². The lowest BCUT2D eigenvalue weighted by Gasteiger charge is -2.13. The lowest BCUT2D eigenvalue weighted by molar-refractivity contribution is -0.124. The normalized spacial score (nSPS) is 11.6. The highest BCUT2D eigenvalue weighted by atomic mass is 16.6. The molecule has 0 radical (unpaired) electrons. The van der Waals surface area contributed by atoms with Gasteiger partial charge in [-0.3, -0.25) is 20.6 Å². The van der Waals surface area contributed by atoms with Crippen molar-refractivity contribution in [2.75, 3.05) is 0 Å². The van der Waals surface area contributed by atoms with Gasteiger partial charge in [-0.05, 0) is 34.6 Å². The van der Waals surface area contributed by atoms with Gasteiger partial charge in [0, 0.05) is 23.2 Å². The summed E-state index contributed by atoms with van der Waals surface area (Å²) in [6.07, 6.45) is 1.71. The predicted molar refractivity (Wildman–Crippen MR) is 114 cm³/mol. The summed E-state index contributed by atoms with van der Waals surface area (Å²) in [5, 5.41) is 7.76. The molecule has 0 spiro atoms. The summed E-state index contributed by atoms with van der Waals surface area (Å²) in [6.45, 7) is 3.62. The molecule has 0 saturated carbocycles. The zero-order valence-electron chi connectivity index (χ0n) is 16.5. The zero-order valence-corrected chi connectivity index (χ0v) is 16.5. The average molecular weight is 400 g/mol. The minimum Gasteiger partial charge on any atom is -0.281 e. The Kier molecular flexibility index (Phi) is 5.47. The summed E-state index contributed by atoms with van der Waals surface area (Å²) in [5.74, 6) is 0.0880. The number of fused-ring (bicyclic) bond motifs is 1. The smallest absolute Gasteiger partial charge is 0.240 e. The van der Waals surface area contributed by atoms with E-state index in [1.165, 1.54) is 0 Å². The quantitative estimate of drug-likeness (QED) is 0.308. The van der Waals surface area contributed by atoms with E-state index in [-0.39, 0.29) is 11.8 Å². The van der Waals surface area contributed by atoms with Crippen molar-refractivity contribution in [3.8, 4) is 11.3 Å². The van der Waals surface area contributed by atoms with Crippen molar-refractivity contribution in [2.45, 2.75) is 13.8 Å². The Balaban J connectivity index is 1.70. The van der Waals surface area contributed by atoms with E-state index in [0.29, 0.717) is 28.1 Å². The Hall–Kier alpha value is -4.07. The molecule has 8 nitrogen and oxygen atoms in total. The van der Waals surface area contributed by atoms with E-state index in [0.717, 1.165) is 11.3 Å². The molecule has 1 amide bonds. The number of amidine groups is 1. The van der Waals surface area contributed by atoms with Crippen molar-refractivity contribution >= 4 is 28.5 Å². The third-order valence-electron chi connectivity index (χ3n) is 4.43. The van der Waals surface area contributed by atoms with Crippen LogP contribution < -0.4 is 10.9 Å². The SMILES string of the molecule is CC(C)C(=O)NNC(=Nc1cccc2nonc12)c1ccc(-c2ccccc2)nc1. The lowest BCUT2D eigenvalue weighted by Crippen LogP contribution is -2.43. The first-order chi connectivity index (χ1) is 14.6. The number of nitrogens with zero attached hydrogens (tertiary/aromatic N) is 4. The number of carbonyl (C=O) groups excluding carboxylic acids is 1. The first kappa shape index (κ1) is 19.3. The topological polar surface area (TPSA) is 105 Å². The van der Waals surface area contributed by atoms with Crippen LogP contribution in [0.3, 0.4) is 0 Å². The van der Waals surface area contributed by atoms with E-state index >= 15 is 0 Å². The van der Waals surface area contributed by atoms with Crippen LogP contribution >= 0.6 is 0 Å². The molecule has 8 heteroatoms. The molecule has 4 aromatic rings. The van der Waals surface area contributed by atoms with Crippen molar-refractivity contribution in [3.05, 3.63) is 72.4 Å². The van der Waals surface area contributed by atoms with Gasteiger partial charge in [-0.2, -0.15) is 0 Å². The molecular weight excluding hydrogens is 380 g/mol. The van der Waals surface area contributed by atoms with Crippen LogP contribution in [0.2, 0.25) is 0 Å². The third-order valence-corrected chi connectivity index (χ3v) is 4.43. The molecule has 0 fully saturated rings. The minimum absolute atomic E-state index is 0.155. The first-order valence-corrected chi connectivity index (χ1v) is 9.49. The zero-order chi connectivity index (χ0) is 20.9. The van der Waals surface area contributed by atoms with Crippen molar-refractivity contribution in [1.82, 2.24) is 26.1 Å². The van der Waals surface area contributed by atoms with Gasteiger partial charge in [0.2, 0.25) is 5.91 Å². The Bertz CT molecular complexity index is 1180.